The van der Waals surface area contributed by atoms with Crippen LogP contribution >= 0.6 is 11.8 Å². The zero-order chi connectivity index (χ0) is 16.9. The summed E-state index contributed by atoms with van der Waals surface area (Å²) < 4.78 is 0. The molecule has 1 aromatic heterocycles. The van der Waals surface area contributed by atoms with Crippen LogP contribution in [0.3, 0.4) is 0 Å². The van der Waals surface area contributed by atoms with Gasteiger partial charge in [0.2, 0.25) is 0 Å². The number of ketones is 1. The third kappa shape index (κ3) is 4.00. The Labute approximate surface area is 144 Å². The van der Waals surface area contributed by atoms with Crippen LogP contribution in [0.1, 0.15) is 16.1 Å². The quantitative estimate of drug-likeness (QED) is 0.431. The number of Topliss-reactive ketones (excluding diaryl/α,β-unsaturated/α-hetero) is 1. The van der Waals surface area contributed by atoms with E-state index < -0.39 is 0 Å². The van der Waals surface area contributed by atoms with E-state index in [-0.39, 0.29) is 17.3 Å². The van der Waals surface area contributed by atoms with Crippen molar-refractivity contribution in [3.8, 4) is 17.0 Å². The Balaban J connectivity index is 1.74. The second kappa shape index (κ2) is 7.27. The first-order valence-corrected chi connectivity index (χ1v) is 8.46. The molecule has 1 heterocycles. The van der Waals surface area contributed by atoms with Gasteiger partial charge in [-0.1, -0.05) is 42.1 Å². The van der Waals surface area contributed by atoms with Gasteiger partial charge in [-0.3, -0.25) is 4.79 Å². The van der Waals surface area contributed by atoms with Crippen LogP contribution in [0.15, 0.2) is 65.8 Å². The van der Waals surface area contributed by atoms with Crippen LogP contribution in [0.4, 0.5) is 0 Å². The molecular formula is C19H16N2O2S. The van der Waals surface area contributed by atoms with Gasteiger partial charge < -0.3 is 5.11 Å². The van der Waals surface area contributed by atoms with Gasteiger partial charge in [-0.15, -0.1) is 0 Å². The van der Waals surface area contributed by atoms with E-state index >= 15 is 0 Å². The molecule has 0 saturated heterocycles. The number of nitrogens with zero attached hydrogens (tertiary/aromatic N) is 2. The molecule has 0 aliphatic carbocycles. The van der Waals surface area contributed by atoms with Crippen molar-refractivity contribution >= 4 is 17.5 Å². The predicted molar refractivity (Wildman–Crippen MR) is 95.4 cm³/mol. The minimum absolute atomic E-state index is 0.0219. The molecule has 0 saturated carbocycles. The minimum atomic E-state index is -0.0219. The number of carbonyl (C=O) groups excluding carboxylic acids is 1. The third-order valence-corrected chi connectivity index (χ3v) is 4.27. The van der Waals surface area contributed by atoms with Crippen LogP contribution in [0.5, 0.6) is 5.75 Å². The van der Waals surface area contributed by atoms with Crippen molar-refractivity contribution in [2.75, 3.05) is 5.75 Å². The Morgan fingerprint density at radius 1 is 1.04 bits per heavy atom. The van der Waals surface area contributed by atoms with Crippen LogP contribution in [-0.2, 0) is 0 Å². The molecule has 0 amide bonds. The Hall–Kier alpha value is -2.66. The lowest BCUT2D eigenvalue weighted by atomic mass is 10.1. The molecule has 5 heteroatoms. The average molecular weight is 336 g/mol. The summed E-state index contributed by atoms with van der Waals surface area (Å²) >= 11 is 1.32. The van der Waals surface area contributed by atoms with Crippen LogP contribution in [0.2, 0.25) is 0 Å². The van der Waals surface area contributed by atoms with Crippen LogP contribution < -0.4 is 0 Å². The topological polar surface area (TPSA) is 63.1 Å². The van der Waals surface area contributed by atoms with E-state index in [4.69, 9.17) is 0 Å². The van der Waals surface area contributed by atoms with Crippen molar-refractivity contribution in [3.63, 3.8) is 0 Å². The molecule has 4 nitrogen and oxygen atoms in total. The van der Waals surface area contributed by atoms with Crippen LogP contribution in [0.25, 0.3) is 11.3 Å². The van der Waals surface area contributed by atoms with Gasteiger partial charge >= 0.3 is 0 Å². The second-order valence-corrected chi connectivity index (χ2v) is 6.24. The molecule has 0 fully saturated rings. The zero-order valence-corrected chi connectivity index (χ0v) is 14.0. The summed E-state index contributed by atoms with van der Waals surface area (Å²) in [5, 5.41) is 9.86. The lowest BCUT2D eigenvalue weighted by molar-refractivity contribution is 0.102. The van der Waals surface area contributed by atoms with Gasteiger partial charge in [-0.05, 0) is 37.3 Å². The van der Waals surface area contributed by atoms with Gasteiger partial charge in [0.1, 0.15) is 5.75 Å². The Kier molecular flexibility index (Phi) is 4.91. The smallest absolute Gasteiger partial charge is 0.188 e. The standard InChI is InChI=1S/C19H16N2O2S/c1-13-11-17(14-5-3-2-4-6-14)21-19(20-13)24-12-18(23)15-7-9-16(22)10-8-15/h2-11,22H,12H2,1H3. The maximum Gasteiger partial charge on any atom is 0.188 e. The van der Waals surface area contributed by atoms with E-state index in [0.717, 1.165) is 17.0 Å². The first-order chi connectivity index (χ1) is 11.6. The fourth-order valence-electron chi connectivity index (χ4n) is 2.22. The maximum atomic E-state index is 12.2. The summed E-state index contributed by atoms with van der Waals surface area (Å²) in [7, 11) is 0. The number of benzene rings is 2. The average Bonchev–Trinajstić information content (AvgIpc) is 2.60. The molecule has 24 heavy (non-hydrogen) atoms. The van der Waals surface area contributed by atoms with Crippen molar-refractivity contribution in [2.24, 2.45) is 0 Å². The summed E-state index contributed by atoms with van der Waals surface area (Å²) in [6.45, 7) is 1.92. The fraction of sp³-hybridized carbons (Fsp3) is 0.105. The number of aryl methyl sites for hydroxylation is 1. The highest BCUT2D eigenvalue weighted by atomic mass is 32.2. The largest absolute Gasteiger partial charge is 0.508 e. The monoisotopic (exact) mass is 336 g/mol. The van der Waals surface area contributed by atoms with E-state index in [0.29, 0.717) is 10.7 Å². The first-order valence-electron chi connectivity index (χ1n) is 7.48. The van der Waals surface area contributed by atoms with Crippen molar-refractivity contribution in [3.05, 3.63) is 71.9 Å². The lowest BCUT2D eigenvalue weighted by Crippen LogP contribution is -2.03. The summed E-state index contributed by atoms with van der Waals surface area (Å²) in [6, 6.07) is 18.1. The van der Waals surface area contributed by atoms with Gasteiger partial charge in [-0.25, -0.2) is 9.97 Å². The van der Waals surface area contributed by atoms with E-state index in [9.17, 15) is 9.90 Å². The summed E-state index contributed by atoms with van der Waals surface area (Å²) in [5.74, 6) is 0.378. The molecular weight excluding hydrogens is 320 g/mol. The number of hydrogen-bond acceptors (Lipinski definition) is 5. The molecule has 0 bridgehead atoms. The third-order valence-electron chi connectivity index (χ3n) is 3.42. The highest BCUT2D eigenvalue weighted by Gasteiger charge is 2.10. The molecule has 1 N–H and O–H groups in total. The molecule has 0 unspecified atom stereocenters. The normalized spacial score (nSPS) is 10.5. The number of carbonyl (C=O) groups is 1. The highest BCUT2D eigenvalue weighted by molar-refractivity contribution is 7.99. The molecule has 0 radical (unpaired) electrons. The molecule has 0 aliphatic heterocycles. The number of rotatable bonds is 5. The Morgan fingerprint density at radius 3 is 2.46 bits per heavy atom. The number of phenolic OH excluding ortho intramolecular Hbond substituents is 1. The number of aromatic nitrogens is 2. The Morgan fingerprint density at radius 2 is 1.75 bits per heavy atom. The van der Waals surface area contributed by atoms with E-state index in [1.807, 2.05) is 43.3 Å². The van der Waals surface area contributed by atoms with Crippen molar-refractivity contribution in [2.45, 2.75) is 12.1 Å². The molecule has 0 aliphatic rings. The minimum Gasteiger partial charge on any atom is -0.508 e. The van der Waals surface area contributed by atoms with E-state index in [2.05, 4.69) is 9.97 Å². The maximum absolute atomic E-state index is 12.2. The number of phenols is 1. The van der Waals surface area contributed by atoms with Gasteiger partial charge in [0, 0.05) is 16.8 Å². The predicted octanol–water partition coefficient (Wildman–Crippen LogP) is 4.13. The molecule has 0 atom stereocenters. The van der Waals surface area contributed by atoms with Crippen molar-refractivity contribution in [1.29, 1.82) is 0 Å². The van der Waals surface area contributed by atoms with Gasteiger partial charge in [0.15, 0.2) is 10.9 Å². The summed E-state index contributed by atoms with van der Waals surface area (Å²) in [4.78, 5) is 21.2. The molecule has 3 aromatic rings. The van der Waals surface area contributed by atoms with Gasteiger partial charge in [0.05, 0.1) is 11.4 Å². The van der Waals surface area contributed by atoms with Crippen LogP contribution in [-0.4, -0.2) is 26.6 Å². The zero-order valence-electron chi connectivity index (χ0n) is 13.1. The number of thioether (sulfide) groups is 1. The SMILES string of the molecule is Cc1cc(-c2ccccc2)nc(SCC(=O)c2ccc(O)cc2)n1. The highest BCUT2D eigenvalue weighted by Crippen LogP contribution is 2.22. The fourth-order valence-corrected chi connectivity index (χ4v) is 3.02. The summed E-state index contributed by atoms with van der Waals surface area (Å²) in [5.41, 5.74) is 3.30. The summed E-state index contributed by atoms with van der Waals surface area (Å²) in [6.07, 6.45) is 0. The van der Waals surface area contributed by atoms with Gasteiger partial charge in [0.25, 0.3) is 0 Å². The molecule has 2 aromatic carbocycles. The lowest BCUT2D eigenvalue weighted by Gasteiger charge is -2.06. The van der Waals surface area contributed by atoms with Crippen LogP contribution in [0, 0.1) is 6.92 Å². The number of aromatic hydroxyl groups is 1. The second-order valence-electron chi connectivity index (χ2n) is 5.30. The molecule has 0 spiro atoms. The van der Waals surface area contributed by atoms with E-state index in [1.54, 1.807) is 12.1 Å². The molecule has 3 rings (SSSR count). The Bertz CT molecular complexity index is 849. The number of hydrogen-bond donors (Lipinski definition) is 1. The van der Waals surface area contributed by atoms with Crippen molar-refractivity contribution < 1.29 is 9.90 Å². The van der Waals surface area contributed by atoms with Crippen molar-refractivity contribution in [1.82, 2.24) is 9.97 Å². The van der Waals surface area contributed by atoms with E-state index in [1.165, 1.54) is 23.9 Å². The van der Waals surface area contributed by atoms with Gasteiger partial charge in [-0.2, -0.15) is 0 Å². The molecule has 120 valence electrons. The first kappa shape index (κ1) is 16.2.